The van der Waals surface area contributed by atoms with Gasteiger partial charge in [-0.2, -0.15) is 0 Å². The molecule has 0 bridgehead atoms. The Kier molecular flexibility index (Phi) is 2.58. The van der Waals surface area contributed by atoms with E-state index in [1.807, 2.05) is 0 Å². The summed E-state index contributed by atoms with van der Waals surface area (Å²) in [4.78, 5) is 0. The summed E-state index contributed by atoms with van der Waals surface area (Å²) in [5.74, 6) is 0. The molecule has 1 nitrogen and oxygen atoms in total. The molecule has 0 radical (unpaired) electrons. The summed E-state index contributed by atoms with van der Waals surface area (Å²) in [7, 11) is 1.19. The highest BCUT2D eigenvalue weighted by Gasteiger charge is 2.32. The monoisotopic (exact) mass is 156 g/mol. The molecular formula is C7H17BOSi. The molecule has 1 unspecified atom stereocenters. The molecule has 1 atom stereocenters. The van der Waals surface area contributed by atoms with Gasteiger partial charge in [0, 0.05) is 22.0 Å². The lowest BCUT2D eigenvalue weighted by Gasteiger charge is -2.36. The Morgan fingerprint density at radius 2 is 2.10 bits per heavy atom. The molecule has 1 fully saturated rings. The van der Waals surface area contributed by atoms with Crippen LogP contribution in [0.2, 0.25) is 13.6 Å². The summed E-state index contributed by atoms with van der Waals surface area (Å²) in [6.07, 6.45) is 3.95. The zero-order chi connectivity index (χ0) is 7.61. The molecule has 1 heterocycles. The van der Waals surface area contributed by atoms with E-state index in [1.165, 1.54) is 29.5 Å². The van der Waals surface area contributed by atoms with Crippen LogP contribution in [0.3, 0.4) is 0 Å². The summed E-state index contributed by atoms with van der Waals surface area (Å²) < 4.78 is 5.79. The fourth-order valence-corrected chi connectivity index (χ4v) is 1.97. The van der Waals surface area contributed by atoms with E-state index in [0.29, 0.717) is 5.12 Å². The first kappa shape index (κ1) is 8.34. The van der Waals surface area contributed by atoms with Crippen molar-refractivity contribution < 1.29 is 4.74 Å². The van der Waals surface area contributed by atoms with E-state index >= 15 is 0 Å². The van der Waals surface area contributed by atoms with E-state index in [-0.39, 0.29) is 0 Å². The smallest absolute Gasteiger partial charge is 0.168 e. The van der Waals surface area contributed by atoms with Crippen molar-refractivity contribution in [3.05, 3.63) is 0 Å². The highest BCUT2D eigenvalue weighted by molar-refractivity contribution is 6.67. The lowest BCUT2D eigenvalue weighted by molar-refractivity contribution is 0.0336. The molecule has 0 saturated carbocycles. The summed E-state index contributed by atoms with van der Waals surface area (Å²) in [5, 5.41) is 0.318. The van der Waals surface area contributed by atoms with Crippen LogP contribution in [0.4, 0.5) is 0 Å². The maximum Gasteiger partial charge on any atom is 0.168 e. The lowest BCUT2D eigenvalue weighted by Crippen LogP contribution is -2.47. The highest BCUT2D eigenvalue weighted by atomic mass is 28.1. The molecule has 1 rings (SSSR count). The van der Waals surface area contributed by atoms with E-state index in [1.54, 1.807) is 0 Å². The maximum absolute atomic E-state index is 5.79. The molecule has 0 N–H and O–H groups in total. The van der Waals surface area contributed by atoms with Gasteiger partial charge in [0.25, 0.3) is 0 Å². The van der Waals surface area contributed by atoms with Gasteiger partial charge in [-0.1, -0.05) is 13.6 Å². The van der Waals surface area contributed by atoms with E-state index in [4.69, 9.17) is 4.74 Å². The molecule has 0 aromatic carbocycles. The lowest BCUT2D eigenvalue weighted by atomic mass is 9.47. The van der Waals surface area contributed by atoms with Crippen molar-refractivity contribution in [3.63, 3.8) is 0 Å². The van der Waals surface area contributed by atoms with Crippen LogP contribution in [-0.4, -0.2) is 28.7 Å². The zero-order valence-corrected chi connectivity index (χ0v) is 9.31. The van der Waals surface area contributed by atoms with Crippen LogP contribution in [0.1, 0.15) is 19.3 Å². The van der Waals surface area contributed by atoms with Gasteiger partial charge < -0.3 is 4.74 Å². The molecule has 1 aliphatic rings. The van der Waals surface area contributed by atoms with Gasteiger partial charge in [-0.05, 0) is 19.3 Å². The second kappa shape index (κ2) is 3.10. The third-order valence-corrected chi connectivity index (χ3v) is 4.66. The Balaban J connectivity index is 2.48. The summed E-state index contributed by atoms with van der Waals surface area (Å²) in [5.41, 5.74) is 0. The summed E-state index contributed by atoms with van der Waals surface area (Å²) >= 11 is 0. The van der Waals surface area contributed by atoms with E-state index in [9.17, 15) is 0 Å². The number of hydrogen-bond acceptors (Lipinski definition) is 1. The summed E-state index contributed by atoms with van der Waals surface area (Å²) in [6.45, 7) is 6.28. The predicted octanol–water partition coefficient (Wildman–Crippen LogP) is 0.542. The van der Waals surface area contributed by atoms with Crippen LogP contribution in [0.25, 0.3) is 0 Å². The fourth-order valence-electron chi connectivity index (χ4n) is 1.41. The SMILES string of the molecule is CB(C)C1([SiH3])CCCCO1. The van der Waals surface area contributed by atoms with Gasteiger partial charge in [0.2, 0.25) is 0 Å². The Labute approximate surface area is 67.0 Å². The van der Waals surface area contributed by atoms with Gasteiger partial charge in [0.1, 0.15) is 0 Å². The maximum atomic E-state index is 5.79. The minimum absolute atomic E-state index is 0.318. The van der Waals surface area contributed by atoms with Crippen molar-refractivity contribution in [2.75, 3.05) is 6.61 Å². The Hall–Kier alpha value is 0.242. The second-order valence-electron chi connectivity index (χ2n) is 3.77. The van der Waals surface area contributed by atoms with E-state index in [2.05, 4.69) is 13.6 Å². The Morgan fingerprint density at radius 1 is 1.40 bits per heavy atom. The van der Waals surface area contributed by atoms with Crippen LogP contribution >= 0.6 is 0 Å². The van der Waals surface area contributed by atoms with Crippen molar-refractivity contribution in [3.8, 4) is 0 Å². The van der Waals surface area contributed by atoms with Gasteiger partial charge in [0.15, 0.2) is 6.71 Å². The molecule has 1 saturated heterocycles. The number of hydrogen-bond donors (Lipinski definition) is 0. The molecule has 0 aromatic heterocycles. The predicted molar refractivity (Wildman–Crippen MR) is 50.0 cm³/mol. The van der Waals surface area contributed by atoms with E-state index < -0.39 is 0 Å². The first-order valence-corrected chi connectivity index (χ1v) is 5.29. The second-order valence-corrected chi connectivity index (χ2v) is 5.47. The average Bonchev–Trinajstić information content (AvgIpc) is 1.89. The standard InChI is InChI=1S/C7H17BOSi/c1-8(2)7(10)5-3-4-6-9-7/h3-6H2,1-2,10H3. The topological polar surface area (TPSA) is 9.23 Å². The Morgan fingerprint density at radius 3 is 2.40 bits per heavy atom. The minimum Gasteiger partial charge on any atom is -0.388 e. The molecule has 1 aliphatic heterocycles. The normalized spacial score (nSPS) is 34.2. The molecule has 58 valence electrons. The number of rotatable bonds is 1. The van der Waals surface area contributed by atoms with Gasteiger partial charge >= 0.3 is 0 Å². The third-order valence-electron chi connectivity index (χ3n) is 2.72. The van der Waals surface area contributed by atoms with Crippen molar-refractivity contribution in [2.24, 2.45) is 0 Å². The third kappa shape index (κ3) is 1.64. The van der Waals surface area contributed by atoms with Crippen molar-refractivity contribution in [2.45, 2.75) is 38.0 Å². The molecule has 3 heteroatoms. The first-order valence-electron chi connectivity index (χ1n) is 4.29. The number of ether oxygens (including phenoxy) is 1. The van der Waals surface area contributed by atoms with Gasteiger partial charge in [-0.15, -0.1) is 0 Å². The zero-order valence-electron chi connectivity index (χ0n) is 7.31. The molecule has 0 spiro atoms. The van der Waals surface area contributed by atoms with Gasteiger partial charge in [-0.25, -0.2) is 0 Å². The quantitative estimate of drug-likeness (QED) is 0.503. The largest absolute Gasteiger partial charge is 0.388 e. The average molecular weight is 156 g/mol. The minimum atomic E-state index is 0.318. The summed E-state index contributed by atoms with van der Waals surface area (Å²) in [6, 6.07) is 0. The molecule has 0 amide bonds. The fraction of sp³-hybridized carbons (Fsp3) is 1.00. The van der Waals surface area contributed by atoms with Crippen LogP contribution < -0.4 is 0 Å². The van der Waals surface area contributed by atoms with Crippen molar-refractivity contribution in [1.29, 1.82) is 0 Å². The molecular weight excluding hydrogens is 139 g/mol. The van der Waals surface area contributed by atoms with Crippen LogP contribution in [0.15, 0.2) is 0 Å². The molecule has 10 heavy (non-hydrogen) atoms. The molecule has 0 aliphatic carbocycles. The van der Waals surface area contributed by atoms with Crippen LogP contribution in [0.5, 0.6) is 0 Å². The van der Waals surface area contributed by atoms with Crippen LogP contribution in [-0.2, 0) is 4.74 Å². The van der Waals surface area contributed by atoms with Crippen molar-refractivity contribution in [1.82, 2.24) is 0 Å². The first-order chi connectivity index (χ1) is 4.65. The molecule has 0 aromatic rings. The van der Waals surface area contributed by atoms with Gasteiger partial charge in [-0.3, -0.25) is 0 Å². The highest BCUT2D eigenvalue weighted by Crippen LogP contribution is 2.23. The van der Waals surface area contributed by atoms with Crippen molar-refractivity contribution >= 4 is 17.0 Å². The van der Waals surface area contributed by atoms with Crippen LogP contribution in [0, 0.1) is 0 Å². The van der Waals surface area contributed by atoms with Gasteiger partial charge in [0.05, 0.1) is 0 Å². The Bertz CT molecular complexity index is 110. The van der Waals surface area contributed by atoms with E-state index in [0.717, 1.165) is 13.3 Å².